The number of aromatic nitrogens is 1. The standard InChI is InChI=1S/C10H7Cl2N/c11-6-9-4-2-7-1-3-8(12)5-10(7)13-9/h1-5H,6H2. The van der Waals surface area contributed by atoms with Gasteiger partial charge in [0.25, 0.3) is 0 Å². The highest BCUT2D eigenvalue weighted by molar-refractivity contribution is 6.31. The third-order valence-electron chi connectivity index (χ3n) is 1.85. The average Bonchev–Trinajstić information content (AvgIpc) is 2.16. The number of halogens is 2. The number of pyridine rings is 1. The predicted octanol–water partition coefficient (Wildman–Crippen LogP) is 3.63. The Morgan fingerprint density at radius 3 is 2.69 bits per heavy atom. The Balaban J connectivity index is 2.68. The van der Waals surface area contributed by atoms with Gasteiger partial charge in [-0.05, 0) is 18.2 Å². The number of alkyl halides is 1. The molecule has 0 aliphatic heterocycles. The van der Waals surface area contributed by atoms with Gasteiger partial charge in [0.1, 0.15) is 0 Å². The van der Waals surface area contributed by atoms with Crippen molar-refractivity contribution in [1.29, 1.82) is 0 Å². The molecule has 13 heavy (non-hydrogen) atoms. The number of fused-ring (bicyclic) bond motifs is 1. The van der Waals surface area contributed by atoms with Gasteiger partial charge in [-0.2, -0.15) is 0 Å². The van der Waals surface area contributed by atoms with Crippen molar-refractivity contribution in [2.75, 3.05) is 0 Å². The van der Waals surface area contributed by atoms with Crippen molar-refractivity contribution in [3.05, 3.63) is 41.0 Å². The maximum absolute atomic E-state index is 5.84. The number of benzene rings is 1. The first-order valence-corrected chi connectivity index (χ1v) is 4.82. The topological polar surface area (TPSA) is 12.9 Å². The zero-order valence-electron chi connectivity index (χ0n) is 6.80. The van der Waals surface area contributed by atoms with Crippen molar-refractivity contribution < 1.29 is 0 Å². The summed E-state index contributed by atoms with van der Waals surface area (Å²) in [7, 11) is 0. The number of hydrogen-bond donors (Lipinski definition) is 0. The van der Waals surface area contributed by atoms with Crippen LogP contribution in [0.3, 0.4) is 0 Å². The van der Waals surface area contributed by atoms with Gasteiger partial charge in [-0.1, -0.05) is 23.7 Å². The van der Waals surface area contributed by atoms with E-state index in [-0.39, 0.29) is 0 Å². The molecule has 3 heteroatoms. The molecule has 0 saturated carbocycles. The number of hydrogen-bond acceptors (Lipinski definition) is 1. The van der Waals surface area contributed by atoms with E-state index in [1.807, 2.05) is 30.3 Å². The lowest BCUT2D eigenvalue weighted by Crippen LogP contribution is -1.85. The van der Waals surface area contributed by atoms with Crippen LogP contribution in [-0.4, -0.2) is 4.98 Å². The van der Waals surface area contributed by atoms with Crippen molar-refractivity contribution in [1.82, 2.24) is 4.98 Å². The Morgan fingerprint density at radius 1 is 1.15 bits per heavy atom. The predicted molar refractivity (Wildman–Crippen MR) is 56.3 cm³/mol. The van der Waals surface area contributed by atoms with Crippen molar-refractivity contribution in [3.8, 4) is 0 Å². The average molecular weight is 212 g/mol. The van der Waals surface area contributed by atoms with Gasteiger partial charge >= 0.3 is 0 Å². The highest BCUT2D eigenvalue weighted by atomic mass is 35.5. The molecule has 0 N–H and O–H groups in total. The summed E-state index contributed by atoms with van der Waals surface area (Å²) in [5.74, 6) is 0.433. The van der Waals surface area contributed by atoms with Gasteiger partial charge in [-0.15, -0.1) is 11.6 Å². The minimum Gasteiger partial charge on any atom is -0.252 e. The van der Waals surface area contributed by atoms with Gasteiger partial charge < -0.3 is 0 Å². The van der Waals surface area contributed by atoms with Crippen LogP contribution in [0.25, 0.3) is 10.9 Å². The van der Waals surface area contributed by atoms with Gasteiger partial charge in [0, 0.05) is 10.4 Å². The Kier molecular flexibility index (Phi) is 2.38. The molecule has 2 rings (SSSR count). The summed E-state index contributed by atoms with van der Waals surface area (Å²) in [6, 6.07) is 9.56. The summed E-state index contributed by atoms with van der Waals surface area (Å²) >= 11 is 11.5. The van der Waals surface area contributed by atoms with E-state index in [1.54, 1.807) is 0 Å². The normalized spacial score (nSPS) is 10.6. The number of nitrogens with zero attached hydrogens (tertiary/aromatic N) is 1. The van der Waals surface area contributed by atoms with Crippen LogP contribution in [0.1, 0.15) is 5.69 Å². The molecule has 0 saturated heterocycles. The molecular formula is C10H7Cl2N. The fraction of sp³-hybridized carbons (Fsp3) is 0.100. The second-order valence-corrected chi connectivity index (χ2v) is 3.48. The summed E-state index contributed by atoms with van der Waals surface area (Å²) < 4.78 is 0. The highest BCUT2D eigenvalue weighted by Crippen LogP contribution is 2.18. The molecule has 66 valence electrons. The van der Waals surface area contributed by atoms with Crippen molar-refractivity contribution >= 4 is 34.1 Å². The highest BCUT2D eigenvalue weighted by Gasteiger charge is 1.97. The molecule has 1 aromatic carbocycles. The first kappa shape index (κ1) is 8.79. The molecule has 0 bridgehead atoms. The van der Waals surface area contributed by atoms with Crippen LogP contribution >= 0.6 is 23.2 Å². The summed E-state index contributed by atoms with van der Waals surface area (Å²) in [6.07, 6.45) is 0. The maximum atomic E-state index is 5.84. The minimum absolute atomic E-state index is 0.433. The van der Waals surface area contributed by atoms with E-state index in [4.69, 9.17) is 23.2 Å². The summed E-state index contributed by atoms with van der Waals surface area (Å²) in [5, 5.41) is 1.78. The van der Waals surface area contributed by atoms with Crippen molar-refractivity contribution in [2.24, 2.45) is 0 Å². The molecule has 0 spiro atoms. The Labute approximate surface area is 86.3 Å². The molecule has 1 aromatic heterocycles. The van der Waals surface area contributed by atoms with Gasteiger partial charge in [0.2, 0.25) is 0 Å². The molecule has 2 aromatic rings. The van der Waals surface area contributed by atoms with Gasteiger partial charge in [0.05, 0.1) is 17.1 Å². The molecule has 0 radical (unpaired) electrons. The molecular weight excluding hydrogens is 205 g/mol. The lowest BCUT2D eigenvalue weighted by Gasteiger charge is -1.99. The zero-order valence-corrected chi connectivity index (χ0v) is 8.31. The third-order valence-corrected chi connectivity index (χ3v) is 2.36. The van der Waals surface area contributed by atoms with Crippen molar-refractivity contribution in [2.45, 2.75) is 5.88 Å². The fourth-order valence-electron chi connectivity index (χ4n) is 1.21. The van der Waals surface area contributed by atoms with E-state index >= 15 is 0 Å². The van der Waals surface area contributed by atoms with Crippen LogP contribution in [0.2, 0.25) is 5.02 Å². The first-order valence-electron chi connectivity index (χ1n) is 3.91. The van der Waals surface area contributed by atoms with Crippen LogP contribution in [-0.2, 0) is 5.88 Å². The maximum Gasteiger partial charge on any atom is 0.0720 e. The first-order chi connectivity index (χ1) is 6.29. The van der Waals surface area contributed by atoms with Gasteiger partial charge in [-0.3, -0.25) is 4.98 Å². The van der Waals surface area contributed by atoms with Crippen molar-refractivity contribution in [3.63, 3.8) is 0 Å². The van der Waals surface area contributed by atoms with Crippen LogP contribution < -0.4 is 0 Å². The fourth-order valence-corrected chi connectivity index (χ4v) is 1.52. The van der Waals surface area contributed by atoms with E-state index in [9.17, 15) is 0 Å². The van der Waals surface area contributed by atoms with Crippen LogP contribution in [0, 0.1) is 0 Å². The van der Waals surface area contributed by atoms with Crippen LogP contribution in [0.5, 0.6) is 0 Å². The van der Waals surface area contributed by atoms with E-state index < -0.39 is 0 Å². The molecule has 1 heterocycles. The Hall–Kier alpha value is -0.790. The number of rotatable bonds is 1. The molecule has 0 fully saturated rings. The second kappa shape index (κ2) is 3.52. The zero-order chi connectivity index (χ0) is 9.26. The second-order valence-electron chi connectivity index (χ2n) is 2.77. The van der Waals surface area contributed by atoms with E-state index in [1.165, 1.54) is 0 Å². The van der Waals surface area contributed by atoms with Crippen LogP contribution in [0.4, 0.5) is 0 Å². The SMILES string of the molecule is ClCc1ccc2ccc(Cl)cc2n1. The van der Waals surface area contributed by atoms with Crippen LogP contribution in [0.15, 0.2) is 30.3 Å². The lowest BCUT2D eigenvalue weighted by atomic mass is 10.2. The molecule has 0 aliphatic carbocycles. The Morgan fingerprint density at radius 2 is 1.92 bits per heavy atom. The summed E-state index contributed by atoms with van der Waals surface area (Å²) in [5.41, 5.74) is 1.77. The van der Waals surface area contributed by atoms with E-state index in [0.29, 0.717) is 10.9 Å². The molecule has 0 atom stereocenters. The molecule has 1 nitrogen and oxygen atoms in total. The smallest absolute Gasteiger partial charge is 0.0720 e. The summed E-state index contributed by atoms with van der Waals surface area (Å²) in [4.78, 5) is 4.34. The largest absolute Gasteiger partial charge is 0.252 e. The Bertz CT molecular complexity index is 440. The monoisotopic (exact) mass is 211 g/mol. The van der Waals surface area contributed by atoms with Gasteiger partial charge in [-0.25, -0.2) is 0 Å². The lowest BCUT2D eigenvalue weighted by molar-refractivity contribution is 1.22. The molecule has 0 aliphatic rings. The van der Waals surface area contributed by atoms with E-state index in [0.717, 1.165) is 16.6 Å². The van der Waals surface area contributed by atoms with E-state index in [2.05, 4.69) is 4.98 Å². The van der Waals surface area contributed by atoms with Gasteiger partial charge in [0.15, 0.2) is 0 Å². The minimum atomic E-state index is 0.433. The molecule has 0 amide bonds. The third kappa shape index (κ3) is 1.77. The molecule has 0 unspecified atom stereocenters. The quantitative estimate of drug-likeness (QED) is 0.657. The summed E-state index contributed by atoms with van der Waals surface area (Å²) in [6.45, 7) is 0.